The topological polar surface area (TPSA) is 47.1 Å². The van der Waals surface area contributed by atoms with Crippen molar-refractivity contribution in [2.45, 2.75) is 39.8 Å². The van der Waals surface area contributed by atoms with E-state index in [0.29, 0.717) is 5.41 Å². The lowest BCUT2D eigenvalue weighted by Crippen LogP contribution is -2.41. The van der Waals surface area contributed by atoms with E-state index in [9.17, 15) is 0 Å². The molecule has 1 aromatic carbocycles. The number of aryl methyl sites for hydroxylation is 1. The normalized spacial score (nSPS) is 19.2. The number of hydrogen-bond donors (Lipinski definition) is 1. The SMILES string of the molecule is CCn1nc(CN2CCC(C)(CN)CC2)c2ccccc21. The molecule has 0 saturated carbocycles. The zero-order valence-corrected chi connectivity index (χ0v) is 13.2. The molecule has 4 heteroatoms. The van der Waals surface area contributed by atoms with Crippen molar-refractivity contribution in [2.75, 3.05) is 19.6 Å². The van der Waals surface area contributed by atoms with Gasteiger partial charge in [-0.1, -0.05) is 25.1 Å². The first kappa shape index (κ1) is 14.5. The summed E-state index contributed by atoms with van der Waals surface area (Å²) >= 11 is 0. The molecule has 2 heterocycles. The van der Waals surface area contributed by atoms with Crippen molar-refractivity contribution < 1.29 is 0 Å². The van der Waals surface area contributed by atoms with Crippen LogP contribution in [0.15, 0.2) is 24.3 Å². The van der Waals surface area contributed by atoms with Crippen LogP contribution in [0.2, 0.25) is 0 Å². The molecule has 1 saturated heterocycles. The van der Waals surface area contributed by atoms with Crippen LogP contribution in [-0.4, -0.2) is 34.3 Å². The third-order valence-electron chi connectivity index (χ3n) is 4.96. The summed E-state index contributed by atoms with van der Waals surface area (Å²) in [5.74, 6) is 0. The van der Waals surface area contributed by atoms with Gasteiger partial charge in [0.15, 0.2) is 0 Å². The largest absolute Gasteiger partial charge is 0.330 e. The van der Waals surface area contributed by atoms with Gasteiger partial charge in [0, 0.05) is 18.5 Å². The minimum absolute atomic E-state index is 0.335. The predicted molar refractivity (Wildman–Crippen MR) is 87.1 cm³/mol. The average Bonchev–Trinajstić information content (AvgIpc) is 2.88. The van der Waals surface area contributed by atoms with Crippen molar-refractivity contribution in [2.24, 2.45) is 11.1 Å². The van der Waals surface area contributed by atoms with Crippen LogP contribution >= 0.6 is 0 Å². The molecular weight excluding hydrogens is 260 g/mol. The monoisotopic (exact) mass is 286 g/mol. The smallest absolute Gasteiger partial charge is 0.0843 e. The van der Waals surface area contributed by atoms with E-state index in [1.165, 1.54) is 29.4 Å². The highest BCUT2D eigenvalue weighted by molar-refractivity contribution is 5.81. The molecule has 0 aliphatic carbocycles. The maximum Gasteiger partial charge on any atom is 0.0843 e. The van der Waals surface area contributed by atoms with E-state index >= 15 is 0 Å². The summed E-state index contributed by atoms with van der Waals surface area (Å²) in [7, 11) is 0. The number of likely N-dealkylation sites (tertiary alicyclic amines) is 1. The molecule has 3 rings (SSSR count). The maximum atomic E-state index is 5.90. The number of nitrogens with zero attached hydrogens (tertiary/aromatic N) is 3. The van der Waals surface area contributed by atoms with Crippen molar-refractivity contribution in [1.29, 1.82) is 0 Å². The van der Waals surface area contributed by atoms with Gasteiger partial charge in [0.05, 0.1) is 11.2 Å². The summed E-state index contributed by atoms with van der Waals surface area (Å²) in [6, 6.07) is 8.55. The Morgan fingerprint density at radius 3 is 2.62 bits per heavy atom. The molecule has 1 aliphatic heterocycles. The van der Waals surface area contributed by atoms with Gasteiger partial charge in [-0.3, -0.25) is 9.58 Å². The number of fused-ring (bicyclic) bond motifs is 1. The van der Waals surface area contributed by atoms with Crippen LogP contribution in [0.1, 0.15) is 32.4 Å². The summed E-state index contributed by atoms with van der Waals surface area (Å²) in [6.45, 7) is 9.39. The fourth-order valence-electron chi connectivity index (χ4n) is 3.22. The molecule has 0 unspecified atom stereocenters. The first-order chi connectivity index (χ1) is 10.1. The number of nitrogens with two attached hydrogens (primary N) is 1. The minimum atomic E-state index is 0.335. The second kappa shape index (κ2) is 5.78. The van der Waals surface area contributed by atoms with Crippen molar-refractivity contribution in [3.63, 3.8) is 0 Å². The van der Waals surface area contributed by atoms with Crippen LogP contribution < -0.4 is 5.73 Å². The van der Waals surface area contributed by atoms with Crippen LogP contribution in [0.4, 0.5) is 0 Å². The predicted octanol–water partition coefficient (Wildman–Crippen LogP) is 2.62. The second-order valence-corrected chi connectivity index (χ2v) is 6.57. The van der Waals surface area contributed by atoms with E-state index in [1.807, 2.05) is 0 Å². The average molecular weight is 286 g/mol. The highest BCUT2D eigenvalue weighted by atomic mass is 15.3. The van der Waals surface area contributed by atoms with Gasteiger partial charge in [0.25, 0.3) is 0 Å². The molecule has 1 aromatic heterocycles. The minimum Gasteiger partial charge on any atom is -0.330 e. The molecule has 21 heavy (non-hydrogen) atoms. The molecule has 2 aromatic rings. The quantitative estimate of drug-likeness (QED) is 0.940. The van der Waals surface area contributed by atoms with E-state index in [0.717, 1.165) is 32.7 Å². The van der Waals surface area contributed by atoms with E-state index in [4.69, 9.17) is 10.8 Å². The van der Waals surface area contributed by atoms with Crippen LogP contribution in [0.3, 0.4) is 0 Å². The Morgan fingerprint density at radius 1 is 1.24 bits per heavy atom. The van der Waals surface area contributed by atoms with Gasteiger partial charge in [0.2, 0.25) is 0 Å². The van der Waals surface area contributed by atoms with Crippen molar-refractivity contribution in [1.82, 2.24) is 14.7 Å². The lowest BCUT2D eigenvalue weighted by atomic mass is 9.80. The molecule has 4 nitrogen and oxygen atoms in total. The van der Waals surface area contributed by atoms with Crippen LogP contribution in [0.25, 0.3) is 10.9 Å². The molecule has 114 valence electrons. The summed E-state index contributed by atoms with van der Waals surface area (Å²) < 4.78 is 2.11. The second-order valence-electron chi connectivity index (χ2n) is 6.57. The van der Waals surface area contributed by atoms with Crippen molar-refractivity contribution >= 4 is 10.9 Å². The summed E-state index contributed by atoms with van der Waals surface area (Å²) in [4.78, 5) is 2.52. The Labute approximate surface area is 126 Å². The zero-order chi connectivity index (χ0) is 14.9. The van der Waals surface area contributed by atoms with Crippen LogP contribution in [-0.2, 0) is 13.1 Å². The molecule has 0 atom stereocenters. The Balaban J connectivity index is 1.77. The molecule has 1 fully saturated rings. The fourth-order valence-corrected chi connectivity index (χ4v) is 3.22. The van der Waals surface area contributed by atoms with E-state index in [1.54, 1.807) is 0 Å². The standard InChI is InChI=1S/C17H26N4/c1-3-21-16-7-5-4-6-14(16)15(19-21)12-20-10-8-17(2,13-18)9-11-20/h4-7H,3,8-13,18H2,1-2H3. The Hall–Kier alpha value is -1.39. The molecule has 0 bridgehead atoms. The first-order valence-corrected chi connectivity index (χ1v) is 8.02. The molecular formula is C17H26N4. The fraction of sp³-hybridized carbons (Fsp3) is 0.588. The molecule has 0 radical (unpaired) electrons. The third kappa shape index (κ3) is 2.83. The van der Waals surface area contributed by atoms with E-state index < -0.39 is 0 Å². The lowest BCUT2D eigenvalue weighted by molar-refractivity contribution is 0.118. The number of piperidine rings is 1. The van der Waals surface area contributed by atoms with E-state index in [2.05, 4.69) is 47.7 Å². The molecule has 0 spiro atoms. The van der Waals surface area contributed by atoms with Crippen LogP contribution in [0, 0.1) is 5.41 Å². The molecule has 1 aliphatic rings. The van der Waals surface area contributed by atoms with E-state index in [-0.39, 0.29) is 0 Å². The summed E-state index contributed by atoms with van der Waals surface area (Å²) in [6.07, 6.45) is 2.38. The molecule has 2 N–H and O–H groups in total. The zero-order valence-electron chi connectivity index (χ0n) is 13.2. The maximum absolute atomic E-state index is 5.90. The van der Waals surface area contributed by atoms with Crippen molar-refractivity contribution in [3.05, 3.63) is 30.0 Å². The number of benzene rings is 1. The highest BCUT2D eigenvalue weighted by Gasteiger charge is 2.29. The van der Waals surface area contributed by atoms with Crippen molar-refractivity contribution in [3.8, 4) is 0 Å². The Bertz CT molecular complexity index is 608. The number of hydrogen-bond acceptors (Lipinski definition) is 3. The van der Waals surface area contributed by atoms with Gasteiger partial charge in [0.1, 0.15) is 0 Å². The Morgan fingerprint density at radius 2 is 1.95 bits per heavy atom. The summed E-state index contributed by atoms with van der Waals surface area (Å²) in [5, 5.41) is 6.11. The third-order valence-corrected chi connectivity index (χ3v) is 4.96. The lowest BCUT2D eigenvalue weighted by Gasteiger charge is -2.38. The Kier molecular flexibility index (Phi) is 4.00. The summed E-state index contributed by atoms with van der Waals surface area (Å²) in [5.41, 5.74) is 8.69. The highest BCUT2D eigenvalue weighted by Crippen LogP contribution is 2.30. The van der Waals surface area contributed by atoms with Gasteiger partial charge >= 0.3 is 0 Å². The van der Waals surface area contributed by atoms with Gasteiger partial charge < -0.3 is 5.73 Å². The van der Waals surface area contributed by atoms with Gasteiger partial charge in [-0.05, 0) is 50.9 Å². The molecule has 0 amide bonds. The number of aromatic nitrogens is 2. The van der Waals surface area contributed by atoms with Gasteiger partial charge in [-0.2, -0.15) is 5.10 Å². The van der Waals surface area contributed by atoms with Crippen LogP contribution in [0.5, 0.6) is 0 Å². The van der Waals surface area contributed by atoms with Gasteiger partial charge in [-0.15, -0.1) is 0 Å². The van der Waals surface area contributed by atoms with Gasteiger partial charge in [-0.25, -0.2) is 0 Å². The number of para-hydroxylation sites is 1. The number of rotatable bonds is 4. The first-order valence-electron chi connectivity index (χ1n) is 8.02.